The van der Waals surface area contributed by atoms with Crippen LogP contribution in [0.4, 0.5) is 0 Å². The molecule has 20 heavy (non-hydrogen) atoms. The van der Waals surface area contributed by atoms with Crippen molar-refractivity contribution in [3.8, 4) is 11.5 Å². The maximum Gasteiger partial charge on any atom is 0.500 e. The maximum atomic E-state index is 6.34. The monoisotopic (exact) mass is 298 g/mol. The van der Waals surface area contributed by atoms with Gasteiger partial charge in [0.25, 0.3) is 0 Å². The molecule has 0 unspecified atom stereocenters. The molecule has 1 aliphatic heterocycles. The lowest BCUT2D eigenvalue weighted by Crippen LogP contribution is -2.41. The quantitative estimate of drug-likeness (QED) is 0.804. The van der Waals surface area contributed by atoms with Crippen LogP contribution in [0, 0.1) is 0 Å². The molecule has 0 N–H and O–H groups in total. The zero-order chi connectivity index (χ0) is 15.1. The van der Waals surface area contributed by atoms with Crippen LogP contribution in [0.1, 0.15) is 27.7 Å². The fourth-order valence-corrected chi connectivity index (χ4v) is 2.34. The molecule has 0 atom stereocenters. The molecule has 2 rings (SSSR count). The van der Waals surface area contributed by atoms with Gasteiger partial charge in [-0.1, -0.05) is 11.6 Å². The summed E-state index contributed by atoms with van der Waals surface area (Å²) in [6.45, 7) is 7.99. The SMILES string of the molecule is COc1cc(Cl)c(B2OC(C)(C)C(C)(C)O2)c(OC)c1. The molecule has 0 radical (unpaired) electrons. The van der Waals surface area contributed by atoms with Gasteiger partial charge in [-0.2, -0.15) is 0 Å². The van der Waals surface area contributed by atoms with E-state index < -0.39 is 18.3 Å². The van der Waals surface area contributed by atoms with Gasteiger partial charge >= 0.3 is 7.12 Å². The average Bonchev–Trinajstić information content (AvgIpc) is 2.56. The standard InChI is InChI=1S/C14H20BClO4/c1-13(2)14(3,4)20-15(19-13)12-10(16)7-9(17-5)8-11(12)18-6/h7-8H,1-6H3. The maximum absolute atomic E-state index is 6.34. The number of methoxy groups -OCH3 is 2. The third-order valence-electron chi connectivity index (χ3n) is 4.01. The van der Waals surface area contributed by atoms with E-state index in [1.165, 1.54) is 0 Å². The van der Waals surface area contributed by atoms with Gasteiger partial charge in [0.1, 0.15) is 11.5 Å². The van der Waals surface area contributed by atoms with Crippen molar-refractivity contribution in [3.05, 3.63) is 17.2 Å². The highest BCUT2D eigenvalue weighted by Gasteiger charge is 2.53. The van der Waals surface area contributed by atoms with Gasteiger partial charge in [-0.05, 0) is 33.8 Å². The first-order valence-corrected chi connectivity index (χ1v) is 6.86. The first kappa shape index (κ1) is 15.5. The summed E-state index contributed by atoms with van der Waals surface area (Å²) in [5.41, 5.74) is -0.161. The van der Waals surface area contributed by atoms with Gasteiger partial charge in [0.2, 0.25) is 0 Å². The summed E-state index contributed by atoms with van der Waals surface area (Å²) in [5.74, 6) is 1.22. The molecule has 1 aliphatic rings. The Hall–Kier alpha value is -0.905. The van der Waals surface area contributed by atoms with Crippen molar-refractivity contribution < 1.29 is 18.8 Å². The Kier molecular flexibility index (Phi) is 3.97. The lowest BCUT2D eigenvalue weighted by molar-refractivity contribution is 0.00578. The Morgan fingerprint density at radius 2 is 1.55 bits per heavy atom. The molecule has 0 aliphatic carbocycles. The molecule has 1 fully saturated rings. The highest BCUT2D eigenvalue weighted by atomic mass is 35.5. The van der Waals surface area contributed by atoms with Crippen LogP contribution >= 0.6 is 11.6 Å². The van der Waals surface area contributed by atoms with Crippen LogP contribution < -0.4 is 14.9 Å². The molecule has 1 heterocycles. The van der Waals surface area contributed by atoms with Crippen molar-refractivity contribution in [2.75, 3.05) is 14.2 Å². The molecule has 110 valence electrons. The number of rotatable bonds is 3. The van der Waals surface area contributed by atoms with E-state index in [9.17, 15) is 0 Å². The predicted octanol–water partition coefficient (Wildman–Crippen LogP) is 2.66. The molecule has 4 nitrogen and oxygen atoms in total. The molecule has 0 bridgehead atoms. The minimum absolute atomic E-state index is 0.425. The number of benzene rings is 1. The Bertz CT molecular complexity index is 500. The third-order valence-corrected chi connectivity index (χ3v) is 4.32. The molecule has 6 heteroatoms. The van der Waals surface area contributed by atoms with E-state index in [0.717, 1.165) is 0 Å². The predicted molar refractivity (Wildman–Crippen MR) is 80.3 cm³/mol. The van der Waals surface area contributed by atoms with Gasteiger partial charge in [-0.15, -0.1) is 0 Å². The molecule has 0 amide bonds. The van der Waals surface area contributed by atoms with Gasteiger partial charge in [-0.25, -0.2) is 0 Å². The van der Waals surface area contributed by atoms with Crippen molar-refractivity contribution in [2.45, 2.75) is 38.9 Å². The summed E-state index contributed by atoms with van der Waals surface area (Å²) < 4.78 is 22.6. The summed E-state index contributed by atoms with van der Waals surface area (Å²) in [7, 11) is 2.60. The summed E-state index contributed by atoms with van der Waals surface area (Å²) >= 11 is 6.34. The van der Waals surface area contributed by atoms with E-state index in [4.69, 9.17) is 30.4 Å². The first-order chi connectivity index (χ1) is 9.21. The molecular formula is C14H20BClO4. The molecule has 0 spiro atoms. The second kappa shape index (κ2) is 5.13. The molecule has 0 aromatic heterocycles. The van der Waals surface area contributed by atoms with E-state index >= 15 is 0 Å². The van der Waals surface area contributed by atoms with Crippen LogP contribution in [0.15, 0.2) is 12.1 Å². The van der Waals surface area contributed by atoms with Crippen molar-refractivity contribution in [1.29, 1.82) is 0 Å². The van der Waals surface area contributed by atoms with Crippen molar-refractivity contribution in [2.24, 2.45) is 0 Å². The second-order valence-electron chi connectivity index (χ2n) is 5.81. The van der Waals surface area contributed by atoms with E-state index in [0.29, 0.717) is 22.0 Å². The number of hydrogen-bond acceptors (Lipinski definition) is 4. The molecule has 1 aromatic rings. The molecule has 0 saturated carbocycles. The lowest BCUT2D eigenvalue weighted by Gasteiger charge is -2.32. The van der Waals surface area contributed by atoms with Crippen LogP contribution in [-0.4, -0.2) is 32.5 Å². The Labute approximate surface area is 125 Å². The normalized spacial score (nSPS) is 20.1. The smallest absolute Gasteiger partial charge is 0.497 e. The van der Waals surface area contributed by atoms with Crippen LogP contribution in [0.25, 0.3) is 0 Å². The largest absolute Gasteiger partial charge is 0.500 e. The van der Waals surface area contributed by atoms with Crippen molar-refractivity contribution >= 4 is 24.2 Å². The van der Waals surface area contributed by atoms with Gasteiger partial charge in [0, 0.05) is 16.6 Å². The third kappa shape index (κ3) is 2.50. The van der Waals surface area contributed by atoms with Crippen LogP contribution in [0.2, 0.25) is 5.02 Å². The Balaban J connectivity index is 2.44. The van der Waals surface area contributed by atoms with Crippen LogP contribution in [0.5, 0.6) is 11.5 Å². The second-order valence-corrected chi connectivity index (χ2v) is 6.22. The average molecular weight is 299 g/mol. The highest BCUT2D eigenvalue weighted by Crippen LogP contribution is 2.38. The summed E-state index contributed by atoms with van der Waals surface area (Å²) in [6.07, 6.45) is 0. The number of hydrogen-bond donors (Lipinski definition) is 0. The number of halogens is 1. The van der Waals surface area contributed by atoms with E-state index in [2.05, 4.69) is 0 Å². The van der Waals surface area contributed by atoms with E-state index in [-0.39, 0.29) is 0 Å². The fourth-order valence-electron chi connectivity index (χ4n) is 2.05. The Morgan fingerprint density at radius 3 is 2.00 bits per heavy atom. The number of ether oxygens (including phenoxy) is 2. The summed E-state index contributed by atoms with van der Waals surface area (Å²) in [5, 5.41) is 0.500. The lowest BCUT2D eigenvalue weighted by atomic mass is 9.78. The zero-order valence-corrected chi connectivity index (χ0v) is 13.5. The molecule has 1 aromatic carbocycles. The molecule has 1 saturated heterocycles. The zero-order valence-electron chi connectivity index (χ0n) is 12.7. The fraction of sp³-hybridized carbons (Fsp3) is 0.571. The van der Waals surface area contributed by atoms with Gasteiger partial charge in [0.05, 0.1) is 25.4 Å². The van der Waals surface area contributed by atoms with Gasteiger partial charge in [-0.3, -0.25) is 0 Å². The van der Waals surface area contributed by atoms with E-state index in [1.54, 1.807) is 26.4 Å². The minimum Gasteiger partial charge on any atom is -0.497 e. The Morgan fingerprint density at radius 1 is 1.00 bits per heavy atom. The van der Waals surface area contributed by atoms with Gasteiger partial charge < -0.3 is 18.8 Å². The summed E-state index contributed by atoms with van der Waals surface area (Å²) in [4.78, 5) is 0. The van der Waals surface area contributed by atoms with Crippen LogP contribution in [0.3, 0.4) is 0 Å². The van der Waals surface area contributed by atoms with Gasteiger partial charge in [0.15, 0.2) is 0 Å². The van der Waals surface area contributed by atoms with E-state index in [1.807, 2.05) is 27.7 Å². The molecular weight excluding hydrogens is 278 g/mol. The van der Waals surface area contributed by atoms with Crippen molar-refractivity contribution in [3.63, 3.8) is 0 Å². The highest BCUT2D eigenvalue weighted by molar-refractivity contribution is 6.66. The topological polar surface area (TPSA) is 36.9 Å². The van der Waals surface area contributed by atoms with Crippen molar-refractivity contribution in [1.82, 2.24) is 0 Å². The minimum atomic E-state index is -0.562. The summed E-state index contributed by atoms with van der Waals surface area (Å²) in [6, 6.07) is 3.50. The first-order valence-electron chi connectivity index (χ1n) is 6.49. The van der Waals surface area contributed by atoms with Crippen LogP contribution in [-0.2, 0) is 9.31 Å².